The molecule has 4 aromatic rings. The number of anilines is 2. The van der Waals surface area contributed by atoms with Crippen molar-refractivity contribution in [1.29, 1.82) is 0 Å². The normalized spacial score (nSPS) is 11.8. The van der Waals surface area contributed by atoms with Crippen molar-refractivity contribution >= 4 is 55.5 Å². The zero-order valence-electron chi connectivity index (χ0n) is 16.8. The Hall–Kier alpha value is -3.14. The van der Waals surface area contributed by atoms with Crippen molar-refractivity contribution in [2.45, 2.75) is 11.9 Å². The number of carbonyl (C=O) groups excluding carboxylic acids is 1. The van der Waals surface area contributed by atoms with Crippen molar-refractivity contribution < 1.29 is 13.6 Å². The van der Waals surface area contributed by atoms with Crippen LogP contribution in [0.5, 0.6) is 0 Å². The molecule has 0 fully saturated rings. The lowest BCUT2D eigenvalue weighted by Gasteiger charge is -2.24. The molecule has 0 saturated carbocycles. The first kappa shape index (κ1) is 22.1. The highest BCUT2D eigenvalue weighted by Gasteiger charge is 2.24. The Bertz CT molecular complexity index is 1280. The summed E-state index contributed by atoms with van der Waals surface area (Å²) < 4.78 is 24.0. The van der Waals surface area contributed by atoms with E-state index in [2.05, 4.69) is 31.2 Å². The first-order valence-corrected chi connectivity index (χ1v) is 11.9. The van der Waals surface area contributed by atoms with Gasteiger partial charge in [-0.05, 0) is 35.4 Å². The number of amides is 1. The SMILES string of the molecule is O=C(NCc1ccccc1)c1ccc(CBr)cc1N(c1cccc2nccnc12)S(=O)O. The van der Waals surface area contributed by atoms with Crippen LogP contribution in [0.15, 0.2) is 79.1 Å². The predicted octanol–water partition coefficient (Wildman–Crippen LogP) is 4.73. The molecule has 0 aliphatic heterocycles. The lowest BCUT2D eigenvalue weighted by Crippen LogP contribution is -2.27. The largest absolute Gasteiger partial charge is 0.348 e. The first-order valence-electron chi connectivity index (χ1n) is 9.70. The fourth-order valence-corrected chi connectivity index (χ4v) is 4.32. The van der Waals surface area contributed by atoms with Crippen LogP contribution >= 0.6 is 15.9 Å². The fraction of sp³-hybridized carbons (Fsp3) is 0.0870. The minimum Gasteiger partial charge on any atom is -0.348 e. The van der Waals surface area contributed by atoms with Crippen LogP contribution in [0, 0.1) is 0 Å². The van der Waals surface area contributed by atoms with Gasteiger partial charge in [-0.15, -0.1) is 0 Å². The molecular formula is C23H19BrN4O3S. The van der Waals surface area contributed by atoms with Gasteiger partial charge in [0.05, 0.1) is 22.5 Å². The topological polar surface area (TPSA) is 95.4 Å². The number of nitrogens with zero attached hydrogens (tertiary/aromatic N) is 3. The maximum atomic E-state index is 13.1. The molecule has 0 saturated heterocycles. The minimum atomic E-state index is -2.47. The molecule has 1 atom stereocenters. The molecule has 2 N–H and O–H groups in total. The zero-order chi connectivity index (χ0) is 22.5. The number of benzene rings is 3. The summed E-state index contributed by atoms with van der Waals surface area (Å²) in [7, 11) is 0. The standard InChI is InChI=1S/C23H19BrN4O3S/c24-14-17-9-10-18(23(29)27-15-16-5-2-1-3-6-16)21(13-17)28(32(30)31)20-8-4-7-19-22(20)26-12-11-25-19/h1-13H,14-15H2,(H,27,29)(H,30,31). The third-order valence-electron chi connectivity index (χ3n) is 4.83. The van der Waals surface area contributed by atoms with Crippen molar-refractivity contribution in [3.05, 3.63) is 95.8 Å². The number of fused-ring (bicyclic) bond motifs is 1. The Morgan fingerprint density at radius 3 is 2.50 bits per heavy atom. The highest BCUT2D eigenvalue weighted by Crippen LogP contribution is 2.35. The second-order valence-corrected chi connectivity index (χ2v) is 8.27. The van der Waals surface area contributed by atoms with Crippen LogP contribution in [0.3, 0.4) is 0 Å². The van der Waals surface area contributed by atoms with Gasteiger partial charge >= 0.3 is 0 Å². The number of rotatable bonds is 7. The molecule has 0 aliphatic rings. The summed E-state index contributed by atoms with van der Waals surface area (Å²) in [4.78, 5) is 21.7. The molecule has 1 aromatic heterocycles. The van der Waals surface area contributed by atoms with E-state index in [0.29, 0.717) is 34.3 Å². The van der Waals surface area contributed by atoms with Crippen LogP contribution in [0.1, 0.15) is 21.5 Å². The molecule has 9 heteroatoms. The Balaban J connectivity index is 1.79. The molecule has 162 valence electrons. The van der Waals surface area contributed by atoms with Gasteiger partial charge in [0.25, 0.3) is 17.2 Å². The second kappa shape index (κ2) is 9.99. The van der Waals surface area contributed by atoms with Gasteiger partial charge in [0.15, 0.2) is 0 Å². The first-order chi connectivity index (χ1) is 15.6. The average Bonchev–Trinajstić information content (AvgIpc) is 2.83. The third-order valence-corrected chi connectivity index (χ3v) is 6.18. The monoisotopic (exact) mass is 510 g/mol. The van der Waals surface area contributed by atoms with E-state index in [1.165, 1.54) is 10.5 Å². The number of alkyl halides is 1. The van der Waals surface area contributed by atoms with E-state index in [-0.39, 0.29) is 11.5 Å². The van der Waals surface area contributed by atoms with E-state index in [1.807, 2.05) is 30.3 Å². The van der Waals surface area contributed by atoms with Crippen molar-refractivity contribution in [3.63, 3.8) is 0 Å². The zero-order valence-corrected chi connectivity index (χ0v) is 19.2. The smallest absolute Gasteiger partial charge is 0.266 e. The van der Waals surface area contributed by atoms with Gasteiger partial charge in [-0.25, -0.2) is 8.51 Å². The number of carbonyl (C=O) groups is 1. The lowest BCUT2D eigenvalue weighted by atomic mass is 10.1. The number of nitrogens with one attached hydrogen (secondary N) is 1. The van der Waals surface area contributed by atoms with Crippen LogP contribution in [0.2, 0.25) is 0 Å². The molecule has 7 nitrogen and oxygen atoms in total. The molecule has 0 aliphatic carbocycles. The van der Waals surface area contributed by atoms with Crippen molar-refractivity contribution in [2.75, 3.05) is 4.31 Å². The summed E-state index contributed by atoms with van der Waals surface area (Å²) in [6.07, 6.45) is 3.08. The quantitative estimate of drug-likeness (QED) is 0.276. The summed E-state index contributed by atoms with van der Waals surface area (Å²) in [6, 6.07) is 19.9. The maximum absolute atomic E-state index is 13.1. The summed E-state index contributed by atoms with van der Waals surface area (Å²) in [6.45, 7) is 0.335. The summed E-state index contributed by atoms with van der Waals surface area (Å²) >= 11 is 0.949. The lowest BCUT2D eigenvalue weighted by molar-refractivity contribution is 0.0951. The van der Waals surface area contributed by atoms with Crippen molar-refractivity contribution in [3.8, 4) is 0 Å². The van der Waals surface area contributed by atoms with E-state index in [9.17, 15) is 13.6 Å². The molecular weight excluding hydrogens is 492 g/mol. The van der Waals surface area contributed by atoms with E-state index in [0.717, 1.165) is 11.1 Å². The van der Waals surface area contributed by atoms with Crippen molar-refractivity contribution in [2.24, 2.45) is 0 Å². The maximum Gasteiger partial charge on any atom is 0.266 e. The number of para-hydroxylation sites is 1. The molecule has 32 heavy (non-hydrogen) atoms. The molecule has 3 aromatic carbocycles. The number of hydrogen-bond donors (Lipinski definition) is 2. The molecule has 0 radical (unpaired) electrons. The van der Waals surface area contributed by atoms with Crippen LogP contribution in [0.25, 0.3) is 11.0 Å². The number of hydrogen-bond acceptors (Lipinski definition) is 4. The van der Waals surface area contributed by atoms with Gasteiger partial charge < -0.3 is 5.32 Å². The van der Waals surface area contributed by atoms with Gasteiger partial charge in [-0.3, -0.25) is 19.3 Å². The number of aromatic nitrogens is 2. The van der Waals surface area contributed by atoms with Crippen LogP contribution in [0.4, 0.5) is 11.4 Å². The van der Waals surface area contributed by atoms with Gasteiger partial charge in [0.2, 0.25) is 0 Å². The van der Waals surface area contributed by atoms with Gasteiger partial charge in [0.1, 0.15) is 5.52 Å². The van der Waals surface area contributed by atoms with Gasteiger partial charge in [-0.1, -0.05) is 58.4 Å². The van der Waals surface area contributed by atoms with Gasteiger partial charge in [-0.2, -0.15) is 0 Å². The van der Waals surface area contributed by atoms with Crippen LogP contribution in [-0.2, 0) is 23.1 Å². The Morgan fingerprint density at radius 1 is 0.969 bits per heavy atom. The molecule has 1 heterocycles. The highest BCUT2D eigenvalue weighted by atomic mass is 79.9. The Labute approximate surface area is 196 Å². The summed E-state index contributed by atoms with van der Waals surface area (Å²) in [5.74, 6) is -0.355. The summed E-state index contributed by atoms with van der Waals surface area (Å²) in [5, 5.41) is 3.41. The van der Waals surface area contributed by atoms with Crippen molar-refractivity contribution in [1.82, 2.24) is 15.3 Å². The predicted molar refractivity (Wildman–Crippen MR) is 129 cm³/mol. The molecule has 0 bridgehead atoms. The van der Waals surface area contributed by atoms with E-state index >= 15 is 0 Å². The van der Waals surface area contributed by atoms with Crippen LogP contribution < -0.4 is 9.62 Å². The average molecular weight is 511 g/mol. The molecule has 1 amide bonds. The number of halogens is 1. The highest BCUT2D eigenvalue weighted by molar-refractivity contribution is 9.08. The minimum absolute atomic E-state index is 0.272. The Morgan fingerprint density at radius 2 is 1.75 bits per heavy atom. The Kier molecular flexibility index (Phi) is 6.89. The fourth-order valence-electron chi connectivity index (χ4n) is 3.33. The molecule has 0 spiro atoms. The third kappa shape index (κ3) is 4.69. The molecule has 4 rings (SSSR count). The summed E-state index contributed by atoms with van der Waals surface area (Å²) in [5.41, 5.74) is 3.78. The second-order valence-electron chi connectivity index (χ2n) is 6.88. The van der Waals surface area contributed by atoms with E-state index in [1.54, 1.807) is 42.6 Å². The molecule has 1 unspecified atom stereocenters. The van der Waals surface area contributed by atoms with Gasteiger partial charge in [0, 0.05) is 24.3 Å². The van der Waals surface area contributed by atoms with Crippen LogP contribution in [-0.4, -0.2) is 24.6 Å². The van der Waals surface area contributed by atoms with E-state index in [4.69, 9.17) is 0 Å². The van der Waals surface area contributed by atoms with E-state index < -0.39 is 11.3 Å².